The third-order valence-corrected chi connectivity index (χ3v) is 5.00. The average molecular weight is 407 g/mol. The van der Waals surface area contributed by atoms with Gasteiger partial charge >= 0.3 is 13.0 Å². The predicted molar refractivity (Wildman–Crippen MR) is 119 cm³/mol. The van der Waals surface area contributed by atoms with Gasteiger partial charge in [-0.1, -0.05) is 42.5 Å². The maximum atomic E-state index is 13.0. The first kappa shape index (κ1) is 21.0. The molecule has 1 fully saturated rings. The number of carbonyl (C=O) groups excluding carboxylic acids is 2. The second-order valence-corrected chi connectivity index (χ2v) is 6.91. The van der Waals surface area contributed by atoms with Gasteiger partial charge in [-0.25, -0.2) is 0 Å². The van der Waals surface area contributed by atoms with E-state index >= 15 is 0 Å². The standard InChI is InChI=1S/C21H20BN3O3.H2S/c23-11-19(16-2-1-3-18(10-16)22-25-13-21(27)28-22)20(26)9-14-4-5-17-12-24-7-6-15(17)8-14;/h1-8,10,12,19,25H,9,11,13,23H2;1H2/t19-;/m1./s1. The van der Waals surface area contributed by atoms with Crippen molar-refractivity contribution in [3.63, 3.8) is 0 Å². The molecular formula is C21H22BN3O3S. The van der Waals surface area contributed by atoms with Gasteiger partial charge < -0.3 is 15.6 Å². The molecule has 0 aliphatic carbocycles. The Morgan fingerprint density at radius 1 is 1.21 bits per heavy atom. The molecule has 1 saturated heterocycles. The van der Waals surface area contributed by atoms with Gasteiger partial charge in [0.1, 0.15) is 5.78 Å². The molecular weight excluding hydrogens is 385 g/mol. The first-order chi connectivity index (χ1) is 13.6. The molecule has 2 aromatic carbocycles. The van der Waals surface area contributed by atoms with Crippen molar-refractivity contribution in [1.82, 2.24) is 10.2 Å². The molecule has 2 heterocycles. The Labute approximate surface area is 176 Å². The third kappa shape index (κ3) is 4.67. The first-order valence-corrected chi connectivity index (χ1v) is 9.22. The van der Waals surface area contributed by atoms with Crippen molar-refractivity contribution in [2.24, 2.45) is 5.73 Å². The van der Waals surface area contributed by atoms with Crippen molar-refractivity contribution in [2.45, 2.75) is 12.3 Å². The SMILES string of the molecule is NC[C@@H](C(=O)Cc1ccc2cnccc2c1)c1cccc(B2NCC(=O)O2)c1.S. The highest BCUT2D eigenvalue weighted by molar-refractivity contribution is 7.59. The number of nitrogens with two attached hydrogens (primary N) is 1. The highest BCUT2D eigenvalue weighted by Crippen LogP contribution is 2.20. The summed E-state index contributed by atoms with van der Waals surface area (Å²) in [6.45, 7) is 0.406. The van der Waals surface area contributed by atoms with E-state index in [0.717, 1.165) is 27.4 Å². The van der Waals surface area contributed by atoms with Crippen LogP contribution >= 0.6 is 13.5 Å². The van der Waals surface area contributed by atoms with Crippen LogP contribution in [0.3, 0.4) is 0 Å². The molecule has 1 aliphatic rings. The van der Waals surface area contributed by atoms with Crippen LogP contribution in [-0.4, -0.2) is 36.9 Å². The monoisotopic (exact) mass is 407 g/mol. The second-order valence-electron chi connectivity index (χ2n) is 6.91. The normalized spacial score (nSPS) is 14.4. The minimum Gasteiger partial charge on any atom is -0.515 e. The van der Waals surface area contributed by atoms with Crippen LogP contribution in [0.5, 0.6) is 0 Å². The zero-order valence-corrected chi connectivity index (χ0v) is 16.8. The largest absolute Gasteiger partial charge is 0.515 e. The lowest BCUT2D eigenvalue weighted by atomic mass is 9.73. The van der Waals surface area contributed by atoms with Crippen molar-refractivity contribution in [3.05, 3.63) is 72.1 Å². The molecule has 3 N–H and O–H groups in total. The number of aromatic nitrogens is 1. The smallest absolute Gasteiger partial charge is 0.485 e. The van der Waals surface area contributed by atoms with Gasteiger partial charge in [-0.05, 0) is 28.0 Å². The van der Waals surface area contributed by atoms with Gasteiger partial charge in [-0.3, -0.25) is 14.6 Å². The number of carbonyl (C=O) groups is 2. The topological polar surface area (TPSA) is 94.3 Å². The summed E-state index contributed by atoms with van der Waals surface area (Å²) in [6.07, 6.45) is 3.85. The summed E-state index contributed by atoms with van der Waals surface area (Å²) in [4.78, 5) is 28.4. The lowest BCUT2D eigenvalue weighted by Gasteiger charge is -2.16. The number of hydrogen-bond donors (Lipinski definition) is 2. The summed E-state index contributed by atoms with van der Waals surface area (Å²) >= 11 is 0. The average Bonchev–Trinajstić information content (AvgIpc) is 3.15. The summed E-state index contributed by atoms with van der Waals surface area (Å²) in [5.41, 5.74) is 8.54. The zero-order chi connectivity index (χ0) is 19.5. The number of nitrogens with zero attached hydrogens (tertiary/aromatic N) is 1. The lowest BCUT2D eigenvalue weighted by Crippen LogP contribution is -2.41. The van der Waals surface area contributed by atoms with Gasteiger partial charge in [0.25, 0.3) is 0 Å². The van der Waals surface area contributed by atoms with Gasteiger partial charge in [-0.15, -0.1) is 0 Å². The van der Waals surface area contributed by atoms with Crippen LogP contribution < -0.4 is 16.4 Å². The molecule has 29 heavy (non-hydrogen) atoms. The van der Waals surface area contributed by atoms with E-state index in [0.29, 0.717) is 6.42 Å². The molecule has 1 aromatic heterocycles. The van der Waals surface area contributed by atoms with Gasteiger partial charge in [0.15, 0.2) is 0 Å². The quantitative estimate of drug-likeness (QED) is 0.594. The van der Waals surface area contributed by atoms with Crippen molar-refractivity contribution in [3.8, 4) is 0 Å². The maximum absolute atomic E-state index is 13.0. The molecule has 0 unspecified atom stereocenters. The predicted octanol–water partition coefficient (Wildman–Crippen LogP) is 1.04. The number of pyridine rings is 1. The van der Waals surface area contributed by atoms with E-state index < -0.39 is 13.0 Å². The van der Waals surface area contributed by atoms with Gasteiger partial charge in [-0.2, -0.15) is 13.5 Å². The highest BCUT2D eigenvalue weighted by Gasteiger charge is 2.31. The van der Waals surface area contributed by atoms with E-state index in [1.54, 1.807) is 12.4 Å². The molecule has 3 aromatic rings. The van der Waals surface area contributed by atoms with Crippen molar-refractivity contribution in [1.29, 1.82) is 0 Å². The molecule has 6 nitrogen and oxygen atoms in total. The van der Waals surface area contributed by atoms with E-state index in [1.165, 1.54) is 0 Å². The second kappa shape index (κ2) is 9.22. The van der Waals surface area contributed by atoms with Gasteiger partial charge in [0.2, 0.25) is 0 Å². The molecule has 0 amide bonds. The first-order valence-electron chi connectivity index (χ1n) is 9.22. The number of ketones is 1. The fraction of sp³-hybridized carbons (Fsp3) is 0.190. The molecule has 0 saturated carbocycles. The van der Waals surface area contributed by atoms with E-state index in [2.05, 4.69) is 10.2 Å². The van der Waals surface area contributed by atoms with E-state index in [-0.39, 0.29) is 38.3 Å². The fourth-order valence-electron chi connectivity index (χ4n) is 3.54. The number of benzene rings is 2. The van der Waals surface area contributed by atoms with Crippen LogP contribution in [0, 0.1) is 0 Å². The van der Waals surface area contributed by atoms with Crippen LogP contribution in [0.25, 0.3) is 10.8 Å². The fourth-order valence-corrected chi connectivity index (χ4v) is 3.54. The molecule has 4 rings (SSSR count). The van der Waals surface area contributed by atoms with Crippen molar-refractivity contribution < 1.29 is 14.2 Å². The Morgan fingerprint density at radius 2 is 2.07 bits per heavy atom. The third-order valence-electron chi connectivity index (χ3n) is 5.00. The summed E-state index contributed by atoms with van der Waals surface area (Å²) < 4.78 is 5.24. The van der Waals surface area contributed by atoms with Crippen LogP contribution in [0.15, 0.2) is 60.9 Å². The molecule has 0 spiro atoms. The Balaban J connectivity index is 0.00000240. The van der Waals surface area contributed by atoms with Crippen LogP contribution in [0.1, 0.15) is 17.0 Å². The Kier molecular flexibility index (Phi) is 6.69. The number of hydrogen-bond acceptors (Lipinski definition) is 6. The minimum atomic E-state index is -0.477. The number of rotatable bonds is 6. The van der Waals surface area contributed by atoms with Gasteiger partial charge in [0, 0.05) is 30.7 Å². The number of nitrogens with one attached hydrogen (secondary N) is 1. The minimum absolute atomic E-state index is 0. The van der Waals surface area contributed by atoms with Crippen molar-refractivity contribution >= 4 is 48.5 Å². The molecule has 1 atom stereocenters. The highest BCUT2D eigenvalue weighted by atomic mass is 32.1. The molecule has 8 heteroatoms. The molecule has 0 bridgehead atoms. The van der Waals surface area contributed by atoms with E-state index in [9.17, 15) is 9.59 Å². The van der Waals surface area contributed by atoms with Crippen LogP contribution in [-0.2, 0) is 20.7 Å². The zero-order valence-electron chi connectivity index (χ0n) is 15.8. The summed E-state index contributed by atoms with van der Waals surface area (Å²) in [5.74, 6) is -0.636. The molecule has 0 radical (unpaired) electrons. The maximum Gasteiger partial charge on any atom is 0.485 e. The lowest BCUT2D eigenvalue weighted by molar-refractivity contribution is -0.131. The Hall–Kier alpha value is -2.68. The summed E-state index contributed by atoms with van der Waals surface area (Å²) in [6, 6.07) is 15.4. The number of fused-ring (bicyclic) bond motifs is 1. The summed E-state index contributed by atoms with van der Waals surface area (Å²) in [7, 11) is -0.477. The molecule has 148 valence electrons. The van der Waals surface area contributed by atoms with E-state index in [4.69, 9.17) is 10.4 Å². The Bertz CT molecular complexity index is 1050. The van der Waals surface area contributed by atoms with Gasteiger partial charge in [0.05, 0.1) is 12.5 Å². The molecule has 1 aliphatic heterocycles. The summed E-state index contributed by atoms with van der Waals surface area (Å²) in [5, 5.41) is 5.10. The van der Waals surface area contributed by atoms with Crippen molar-refractivity contribution in [2.75, 3.05) is 13.1 Å². The van der Waals surface area contributed by atoms with Crippen LogP contribution in [0.4, 0.5) is 0 Å². The number of Topliss-reactive ketones (excluding diaryl/α,β-unsaturated/α-hetero) is 1. The van der Waals surface area contributed by atoms with E-state index in [1.807, 2.05) is 48.5 Å². The van der Waals surface area contributed by atoms with Crippen LogP contribution in [0.2, 0.25) is 0 Å². The Morgan fingerprint density at radius 3 is 2.83 bits per heavy atom.